The third-order valence-electron chi connectivity index (χ3n) is 2.54. The highest BCUT2D eigenvalue weighted by Gasteiger charge is 2.01. The lowest BCUT2D eigenvalue weighted by Crippen LogP contribution is -2.08. The summed E-state index contributed by atoms with van der Waals surface area (Å²) in [5, 5.41) is 8.93. The summed E-state index contributed by atoms with van der Waals surface area (Å²) in [5.74, 6) is 1.26. The molecule has 1 aromatic heterocycles. The van der Waals surface area contributed by atoms with Gasteiger partial charge in [-0.2, -0.15) is 0 Å². The van der Waals surface area contributed by atoms with Gasteiger partial charge >= 0.3 is 0 Å². The van der Waals surface area contributed by atoms with E-state index in [9.17, 15) is 0 Å². The highest BCUT2D eigenvalue weighted by atomic mass is 16.5. The van der Waals surface area contributed by atoms with Gasteiger partial charge in [0.25, 0.3) is 0 Å². The zero-order valence-electron chi connectivity index (χ0n) is 10.5. The molecular weight excluding hydrogens is 228 g/mol. The topological polar surface area (TPSA) is 45.6 Å². The second kappa shape index (κ2) is 5.51. The first-order valence-electron chi connectivity index (χ1n) is 5.70. The van der Waals surface area contributed by atoms with Gasteiger partial charge < -0.3 is 14.7 Å². The van der Waals surface area contributed by atoms with Crippen molar-refractivity contribution in [2.45, 2.75) is 6.61 Å². The van der Waals surface area contributed by atoms with E-state index in [-0.39, 0.29) is 6.61 Å². The van der Waals surface area contributed by atoms with E-state index in [0.29, 0.717) is 5.88 Å². The van der Waals surface area contributed by atoms with Crippen LogP contribution in [0.2, 0.25) is 0 Å². The summed E-state index contributed by atoms with van der Waals surface area (Å²) < 4.78 is 5.65. The average Bonchev–Trinajstić information content (AvgIpc) is 2.40. The molecule has 0 aliphatic rings. The number of benzene rings is 1. The second-order valence-electron chi connectivity index (χ2n) is 4.16. The molecule has 0 aliphatic heterocycles. The van der Waals surface area contributed by atoms with Crippen LogP contribution in [0.25, 0.3) is 0 Å². The maximum Gasteiger partial charge on any atom is 0.219 e. The van der Waals surface area contributed by atoms with E-state index in [1.807, 2.05) is 43.3 Å². The van der Waals surface area contributed by atoms with Gasteiger partial charge in [0.2, 0.25) is 5.88 Å². The maximum absolute atomic E-state index is 8.93. The van der Waals surface area contributed by atoms with Crippen LogP contribution in [0.5, 0.6) is 11.6 Å². The van der Waals surface area contributed by atoms with Crippen molar-refractivity contribution in [3.05, 3.63) is 48.2 Å². The first kappa shape index (κ1) is 12.4. The number of rotatable bonds is 4. The minimum Gasteiger partial charge on any atom is -0.439 e. The SMILES string of the molecule is CN(C)c1cccc(Oc2ccc(CO)cn2)c1. The van der Waals surface area contributed by atoms with Crippen molar-refractivity contribution in [3.63, 3.8) is 0 Å². The van der Waals surface area contributed by atoms with Crippen molar-refractivity contribution in [1.82, 2.24) is 4.98 Å². The van der Waals surface area contributed by atoms with Crippen molar-refractivity contribution in [1.29, 1.82) is 0 Å². The van der Waals surface area contributed by atoms with Crippen LogP contribution >= 0.6 is 0 Å². The lowest BCUT2D eigenvalue weighted by molar-refractivity contribution is 0.281. The molecule has 0 spiro atoms. The molecule has 0 saturated heterocycles. The summed E-state index contributed by atoms with van der Waals surface area (Å²) in [6.07, 6.45) is 1.60. The number of aliphatic hydroxyl groups excluding tert-OH is 1. The van der Waals surface area contributed by atoms with E-state index in [1.54, 1.807) is 18.3 Å². The molecule has 1 heterocycles. The van der Waals surface area contributed by atoms with Crippen LogP contribution in [0.15, 0.2) is 42.6 Å². The van der Waals surface area contributed by atoms with E-state index in [2.05, 4.69) is 4.98 Å². The maximum atomic E-state index is 8.93. The number of ether oxygens (including phenoxy) is 1. The molecule has 0 radical (unpaired) electrons. The zero-order valence-corrected chi connectivity index (χ0v) is 10.5. The first-order valence-corrected chi connectivity index (χ1v) is 5.70. The van der Waals surface area contributed by atoms with Gasteiger partial charge in [-0.05, 0) is 23.8 Å². The van der Waals surface area contributed by atoms with Crippen LogP contribution in [0.4, 0.5) is 5.69 Å². The van der Waals surface area contributed by atoms with Crippen LogP contribution in [-0.4, -0.2) is 24.2 Å². The fourth-order valence-corrected chi connectivity index (χ4v) is 1.51. The van der Waals surface area contributed by atoms with Gasteiger partial charge in [-0.25, -0.2) is 4.98 Å². The van der Waals surface area contributed by atoms with Gasteiger partial charge in [-0.15, -0.1) is 0 Å². The van der Waals surface area contributed by atoms with Gasteiger partial charge in [0, 0.05) is 38.1 Å². The fourth-order valence-electron chi connectivity index (χ4n) is 1.51. The number of hydrogen-bond donors (Lipinski definition) is 1. The van der Waals surface area contributed by atoms with Gasteiger partial charge in [0.15, 0.2) is 0 Å². The minimum atomic E-state index is -0.0105. The van der Waals surface area contributed by atoms with Crippen molar-refractivity contribution < 1.29 is 9.84 Å². The number of aliphatic hydroxyl groups is 1. The van der Waals surface area contributed by atoms with Gasteiger partial charge in [-0.1, -0.05) is 6.07 Å². The first-order chi connectivity index (χ1) is 8.69. The predicted octanol–water partition coefficient (Wildman–Crippen LogP) is 2.43. The Morgan fingerprint density at radius 1 is 1.22 bits per heavy atom. The molecule has 18 heavy (non-hydrogen) atoms. The largest absolute Gasteiger partial charge is 0.439 e. The average molecular weight is 244 g/mol. The molecular formula is C14H16N2O2. The number of pyridine rings is 1. The monoisotopic (exact) mass is 244 g/mol. The number of hydrogen-bond acceptors (Lipinski definition) is 4. The number of anilines is 1. The van der Waals surface area contributed by atoms with Crippen LogP contribution in [0, 0.1) is 0 Å². The molecule has 0 unspecified atom stereocenters. The molecule has 4 heteroatoms. The van der Waals surface area contributed by atoms with Gasteiger partial charge in [0.1, 0.15) is 5.75 Å². The Balaban J connectivity index is 2.15. The summed E-state index contributed by atoms with van der Waals surface area (Å²) >= 11 is 0. The molecule has 2 aromatic rings. The van der Waals surface area contributed by atoms with Crippen LogP contribution in [0.3, 0.4) is 0 Å². The minimum absolute atomic E-state index is 0.0105. The fraction of sp³-hybridized carbons (Fsp3) is 0.214. The second-order valence-corrected chi connectivity index (χ2v) is 4.16. The molecule has 1 aromatic carbocycles. The van der Waals surface area contributed by atoms with Crippen LogP contribution in [-0.2, 0) is 6.61 Å². The molecule has 0 atom stereocenters. The third kappa shape index (κ3) is 2.99. The predicted molar refractivity (Wildman–Crippen MR) is 71.0 cm³/mol. The van der Waals surface area contributed by atoms with Crippen molar-refractivity contribution in [2.75, 3.05) is 19.0 Å². The Hall–Kier alpha value is -2.07. The quantitative estimate of drug-likeness (QED) is 0.897. The van der Waals surface area contributed by atoms with Crippen LogP contribution in [0.1, 0.15) is 5.56 Å². The molecule has 0 amide bonds. The Labute approximate surface area is 106 Å². The van der Waals surface area contributed by atoms with E-state index in [1.165, 1.54) is 0 Å². The summed E-state index contributed by atoms with van der Waals surface area (Å²) in [4.78, 5) is 6.13. The highest BCUT2D eigenvalue weighted by molar-refractivity contribution is 5.50. The Kier molecular flexibility index (Phi) is 3.79. The van der Waals surface area contributed by atoms with E-state index < -0.39 is 0 Å². The van der Waals surface area contributed by atoms with Crippen molar-refractivity contribution in [3.8, 4) is 11.6 Å². The van der Waals surface area contributed by atoms with Crippen molar-refractivity contribution in [2.24, 2.45) is 0 Å². The molecule has 2 rings (SSSR count). The van der Waals surface area contributed by atoms with Crippen LogP contribution < -0.4 is 9.64 Å². The van der Waals surface area contributed by atoms with Gasteiger partial charge in [0.05, 0.1) is 6.61 Å². The Bertz CT molecular complexity index is 509. The Morgan fingerprint density at radius 2 is 2.06 bits per heavy atom. The smallest absolute Gasteiger partial charge is 0.219 e. The lowest BCUT2D eigenvalue weighted by Gasteiger charge is -2.13. The molecule has 0 saturated carbocycles. The number of aromatic nitrogens is 1. The lowest BCUT2D eigenvalue weighted by atomic mass is 10.3. The summed E-state index contributed by atoms with van der Waals surface area (Å²) in [5.41, 5.74) is 1.84. The Morgan fingerprint density at radius 3 is 2.67 bits per heavy atom. The van der Waals surface area contributed by atoms with Gasteiger partial charge in [-0.3, -0.25) is 0 Å². The van der Waals surface area contributed by atoms with E-state index in [4.69, 9.17) is 9.84 Å². The van der Waals surface area contributed by atoms with Crippen molar-refractivity contribution >= 4 is 5.69 Å². The van der Waals surface area contributed by atoms with E-state index in [0.717, 1.165) is 17.0 Å². The summed E-state index contributed by atoms with van der Waals surface area (Å²) in [6, 6.07) is 11.3. The highest BCUT2D eigenvalue weighted by Crippen LogP contribution is 2.23. The molecule has 0 fully saturated rings. The molecule has 94 valence electrons. The third-order valence-corrected chi connectivity index (χ3v) is 2.54. The zero-order chi connectivity index (χ0) is 13.0. The summed E-state index contributed by atoms with van der Waals surface area (Å²) in [6.45, 7) is -0.0105. The molecule has 0 bridgehead atoms. The molecule has 0 aliphatic carbocycles. The molecule has 1 N–H and O–H groups in total. The van der Waals surface area contributed by atoms with E-state index >= 15 is 0 Å². The molecule has 4 nitrogen and oxygen atoms in total. The number of nitrogens with zero attached hydrogens (tertiary/aromatic N) is 2. The summed E-state index contributed by atoms with van der Waals surface area (Å²) in [7, 11) is 3.96. The standard InChI is InChI=1S/C14H16N2O2/c1-16(2)12-4-3-5-13(8-12)18-14-7-6-11(10-17)9-15-14/h3-9,17H,10H2,1-2H3. The normalized spacial score (nSPS) is 10.2.